The van der Waals surface area contributed by atoms with Gasteiger partial charge in [0.05, 0.1) is 24.8 Å². The number of sulfonamides is 1. The molecule has 0 saturated carbocycles. The Hall–Kier alpha value is -3.52. The minimum absolute atomic E-state index is 0.149. The Balaban J connectivity index is 1.68. The molecular weight excluding hydrogens is 416 g/mol. The van der Waals surface area contributed by atoms with Gasteiger partial charge in [-0.3, -0.25) is 9.10 Å². The Kier molecular flexibility index (Phi) is 6.81. The van der Waals surface area contributed by atoms with Crippen LogP contribution in [-0.4, -0.2) is 35.6 Å². The predicted molar refractivity (Wildman–Crippen MR) is 119 cm³/mol. The predicted octanol–water partition coefficient (Wildman–Crippen LogP) is 3.46. The average Bonchev–Trinajstić information content (AvgIpc) is 2.82. The Labute approximate surface area is 182 Å². The van der Waals surface area contributed by atoms with Gasteiger partial charge in [-0.05, 0) is 66.2 Å². The van der Waals surface area contributed by atoms with Crippen molar-refractivity contribution in [2.75, 3.05) is 25.6 Å². The SMILES string of the molecule is COc1ccc(S(=O)(=O)N(C)c2ccc(C(=O)NCc3cccc(OC)c3)cc2)cc1. The fraction of sp³-hybridized carbons (Fsp3) is 0.174. The van der Waals surface area contributed by atoms with Gasteiger partial charge in [0.25, 0.3) is 15.9 Å². The van der Waals surface area contributed by atoms with Crippen molar-refractivity contribution in [3.63, 3.8) is 0 Å². The molecule has 0 aromatic heterocycles. The molecule has 0 radical (unpaired) electrons. The van der Waals surface area contributed by atoms with Gasteiger partial charge >= 0.3 is 0 Å². The summed E-state index contributed by atoms with van der Waals surface area (Å²) in [4.78, 5) is 12.6. The van der Waals surface area contributed by atoms with Crippen molar-refractivity contribution in [2.24, 2.45) is 0 Å². The molecule has 0 saturated heterocycles. The van der Waals surface area contributed by atoms with Crippen LogP contribution in [0.5, 0.6) is 11.5 Å². The number of anilines is 1. The van der Waals surface area contributed by atoms with E-state index in [4.69, 9.17) is 9.47 Å². The number of benzene rings is 3. The van der Waals surface area contributed by atoms with Crippen molar-refractivity contribution in [1.29, 1.82) is 0 Å². The number of rotatable bonds is 8. The van der Waals surface area contributed by atoms with E-state index in [-0.39, 0.29) is 10.8 Å². The third-order valence-corrected chi connectivity index (χ3v) is 6.60. The molecule has 3 rings (SSSR count). The first-order chi connectivity index (χ1) is 14.8. The molecule has 0 aliphatic rings. The van der Waals surface area contributed by atoms with Crippen LogP contribution in [0.4, 0.5) is 5.69 Å². The van der Waals surface area contributed by atoms with E-state index in [1.165, 1.54) is 30.6 Å². The molecule has 0 heterocycles. The van der Waals surface area contributed by atoms with Gasteiger partial charge < -0.3 is 14.8 Å². The Bertz CT molecular complexity index is 1140. The zero-order valence-electron chi connectivity index (χ0n) is 17.5. The van der Waals surface area contributed by atoms with Crippen LogP contribution in [0.1, 0.15) is 15.9 Å². The third-order valence-electron chi connectivity index (χ3n) is 4.80. The largest absolute Gasteiger partial charge is 0.497 e. The fourth-order valence-electron chi connectivity index (χ4n) is 2.93. The molecule has 0 unspecified atom stereocenters. The van der Waals surface area contributed by atoms with Crippen LogP contribution in [0.25, 0.3) is 0 Å². The summed E-state index contributed by atoms with van der Waals surface area (Å²) in [6, 6.07) is 20.0. The number of nitrogens with zero attached hydrogens (tertiary/aromatic N) is 1. The van der Waals surface area contributed by atoms with Crippen molar-refractivity contribution in [3.8, 4) is 11.5 Å². The highest BCUT2D eigenvalue weighted by Crippen LogP contribution is 2.24. The van der Waals surface area contributed by atoms with Crippen molar-refractivity contribution in [2.45, 2.75) is 11.4 Å². The van der Waals surface area contributed by atoms with Crippen LogP contribution in [0, 0.1) is 0 Å². The molecule has 7 nitrogen and oxygen atoms in total. The minimum Gasteiger partial charge on any atom is -0.497 e. The van der Waals surface area contributed by atoms with Crippen molar-refractivity contribution in [1.82, 2.24) is 5.32 Å². The molecular formula is C23H24N2O5S. The number of nitrogens with one attached hydrogen (secondary N) is 1. The quantitative estimate of drug-likeness (QED) is 0.580. The first kappa shape index (κ1) is 22.2. The molecule has 0 aliphatic carbocycles. The Morgan fingerprint density at radius 2 is 1.55 bits per heavy atom. The van der Waals surface area contributed by atoms with Crippen molar-refractivity contribution in [3.05, 3.63) is 83.9 Å². The maximum Gasteiger partial charge on any atom is 0.264 e. The van der Waals surface area contributed by atoms with Gasteiger partial charge in [-0.15, -0.1) is 0 Å². The van der Waals surface area contributed by atoms with Crippen LogP contribution in [0.15, 0.2) is 77.7 Å². The van der Waals surface area contributed by atoms with E-state index in [2.05, 4.69) is 5.32 Å². The maximum absolute atomic E-state index is 12.9. The van der Waals surface area contributed by atoms with E-state index < -0.39 is 10.0 Å². The third kappa shape index (κ3) is 5.16. The summed E-state index contributed by atoms with van der Waals surface area (Å²) in [5.41, 5.74) is 1.79. The van der Waals surface area contributed by atoms with Crippen LogP contribution < -0.4 is 19.1 Å². The van der Waals surface area contributed by atoms with Gasteiger partial charge in [0.15, 0.2) is 0 Å². The van der Waals surface area contributed by atoms with Crippen LogP contribution in [0.3, 0.4) is 0 Å². The highest BCUT2D eigenvalue weighted by Gasteiger charge is 2.21. The zero-order valence-corrected chi connectivity index (χ0v) is 18.3. The van der Waals surface area contributed by atoms with E-state index in [1.807, 2.05) is 24.3 Å². The van der Waals surface area contributed by atoms with Crippen molar-refractivity contribution < 1.29 is 22.7 Å². The highest BCUT2D eigenvalue weighted by atomic mass is 32.2. The van der Waals surface area contributed by atoms with Gasteiger partial charge in [-0.25, -0.2) is 8.42 Å². The summed E-state index contributed by atoms with van der Waals surface area (Å²) in [5, 5.41) is 2.84. The lowest BCUT2D eigenvalue weighted by molar-refractivity contribution is 0.0951. The molecule has 3 aromatic rings. The zero-order chi connectivity index (χ0) is 22.4. The van der Waals surface area contributed by atoms with Crippen LogP contribution >= 0.6 is 0 Å². The first-order valence-corrected chi connectivity index (χ1v) is 10.9. The lowest BCUT2D eigenvalue weighted by atomic mass is 10.1. The Morgan fingerprint density at radius 3 is 2.16 bits per heavy atom. The average molecular weight is 441 g/mol. The number of hydrogen-bond acceptors (Lipinski definition) is 5. The van der Waals surface area contributed by atoms with Crippen molar-refractivity contribution >= 4 is 21.6 Å². The summed E-state index contributed by atoms with van der Waals surface area (Å²) >= 11 is 0. The topological polar surface area (TPSA) is 84.9 Å². The number of ether oxygens (including phenoxy) is 2. The molecule has 8 heteroatoms. The smallest absolute Gasteiger partial charge is 0.264 e. The summed E-state index contributed by atoms with van der Waals surface area (Å²) in [6.45, 7) is 0.351. The summed E-state index contributed by atoms with van der Waals surface area (Å²) in [5.74, 6) is 1.04. The first-order valence-electron chi connectivity index (χ1n) is 9.49. The summed E-state index contributed by atoms with van der Waals surface area (Å²) in [7, 11) is 0.838. The Morgan fingerprint density at radius 1 is 0.903 bits per heavy atom. The monoisotopic (exact) mass is 440 g/mol. The van der Waals surface area contributed by atoms with E-state index in [9.17, 15) is 13.2 Å². The normalized spacial score (nSPS) is 10.9. The van der Waals surface area contributed by atoms with E-state index in [1.54, 1.807) is 43.5 Å². The molecule has 31 heavy (non-hydrogen) atoms. The number of hydrogen-bond donors (Lipinski definition) is 1. The minimum atomic E-state index is -3.74. The van der Waals surface area contributed by atoms with E-state index in [0.717, 1.165) is 11.3 Å². The summed E-state index contributed by atoms with van der Waals surface area (Å²) in [6.07, 6.45) is 0. The molecule has 162 valence electrons. The lowest BCUT2D eigenvalue weighted by Crippen LogP contribution is -2.27. The lowest BCUT2D eigenvalue weighted by Gasteiger charge is -2.20. The van der Waals surface area contributed by atoms with E-state index >= 15 is 0 Å². The molecule has 1 N–H and O–H groups in total. The highest BCUT2D eigenvalue weighted by molar-refractivity contribution is 7.92. The van der Waals surface area contributed by atoms with Gasteiger partial charge in [-0.2, -0.15) is 0 Å². The molecule has 1 amide bonds. The molecule has 0 atom stereocenters. The molecule has 0 fully saturated rings. The maximum atomic E-state index is 12.9. The van der Waals surface area contributed by atoms with Gasteiger partial charge in [-0.1, -0.05) is 12.1 Å². The number of carbonyl (C=O) groups excluding carboxylic acids is 1. The van der Waals surface area contributed by atoms with Gasteiger partial charge in [0, 0.05) is 19.2 Å². The van der Waals surface area contributed by atoms with E-state index in [0.29, 0.717) is 23.5 Å². The molecule has 0 aliphatic heterocycles. The number of methoxy groups -OCH3 is 2. The second kappa shape index (κ2) is 9.53. The van der Waals surface area contributed by atoms with Crippen LogP contribution in [-0.2, 0) is 16.6 Å². The summed E-state index contributed by atoms with van der Waals surface area (Å²) < 4.78 is 37.1. The van der Waals surface area contributed by atoms with Crippen LogP contribution in [0.2, 0.25) is 0 Å². The van der Waals surface area contributed by atoms with Gasteiger partial charge in [0.1, 0.15) is 11.5 Å². The van der Waals surface area contributed by atoms with Gasteiger partial charge in [0.2, 0.25) is 0 Å². The molecule has 0 spiro atoms. The fourth-order valence-corrected chi connectivity index (χ4v) is 4.13. The number of carbonyl (C=O) groups is 1. The number of amides is 1. The standard InChI is InChI=1S/C23H24N2O5S/c1-25(31(27,28)22-13-11-20(29-2)12-14-22)19-9-7-18(8-10-19)23(26)24-16-17-5-4-6-21(15-17)30-3/h4-15H,16H2,1-3H3,(H,24,26). The molecule has 3 aromatic carbocycles. The molecule has 0 bridgehead atoms. The second-order valence-corrected chi connectivity index (χ2v) is 8.70. The second-order valence-electron chi connectivity index (χ2n) is 6.73.